The Balaban J connectivity index is 2.05. The number of aliphatic hydroxyl groups excluding tert-OH is 1. The maximum absolute atomic E-state index is 9.24. The molecule has 3 N–H and O–H groups in total. The molecule has 0 aromatic heterocycles. The minimum absolute atomic E-state index is 0.0702. The summed E-state index contributed by atoms with van der Waals surface area (Å²) in [6.07, 6.45) is 0.725. The summed E-state index contributed by atoms with van der Waals surface area (Å²) in [5, 5.41) is 9.24. The van der Waals surface area contributed by atoms with E-state index in [1.54, 1.807) is 7.11 Å². The molecule has 4 heteroatoms. The Morgan fingerprint density at radius 1 is 1.05 bits per heavy atom. The summed E-state index contributed by atoms with van der Waals surface area (Å²) in [5.74, 6) is 1.48. The van der Waals surface area contributed by atoms with Gasteiger partial charge >= 0.3 is 0 Å². The molecule has 4 nitrogen and oxygen atoms in total. The molecule has 0 saturated heterocycles. The van der Waals surface area contributed by atoms with Crippen molar-refractivity contribution in [3.8, 4) is 11.5 Å². The van der Waals surface area contributed by atoms with Crippen molar-refractivity contribution < 1.29 is 14.6 Å². The van der Waals surface area contributed by atoms with Crippen LogP contribution in [0.25, 0.3) is 0 Å². The molecule has 0 amide bonds. The van der Waals surface area contributed by atoms with Crippen LogP contribution in [-0.4, -0.2) is 25.4 Å². The number of nitrogens with two attached hydrogens (primary N) is 1. The highest BCUT2D eigenvalue weighted by Crippen LogP contribution is 2.29. The average Bonchev–Trinajstić information content (AvgIpc) is 2.59. The van der Waals surface area contributed by atoms with E-state index in [9.17, 15) is 5.11 Å². The van der Waals surface area contributed by atoms with Gasteiger partial charge in [0.1, 0.15) is 6.61 Å². The summed E-state index contributed by atoms with van der Waals surface area (Å²) in [6, 6.07) is 15.8. The molecule has 0 fully saturated rings. The van der Waals surface area contributed by atoms with Crippen LogP contribution in [0.5, 0.6) is 11.5 Å². The number of methoxy groups -OCH3 is 1. The Morgan fingerprint density at radius 3 is 2.45 bits per heavy atom. The summed E-state index contributed by atoms with van der Waals surface area (Å²) in [5.41, 5.74) is 7.81. The molecular weight excluding hydrogens is 278 g/mol. The van der Waals surface area contributed by atoms with E-state index < -0.39 is 0 Å². The third kappa shape index (κ3) is 4.48. The normalized spacial score (nSPS) is 12.0. The maximum atomic E-state index is 9.24. The maximum Gasteiger partial charge on any atom is 0.161 e. The topological polar surface area (TPSA) is 64.7 Å². The van der Waals surface area contributed by atoms with Gasteiger partial charge in [-0.3, -0.25) is 0 Å². The second-order valence-electron chi connectivity index (χ2n) is 5.25. The summed E-state index contributed by atoms with van der Waals surface area (Å²) in [4.78, 5) is 0. The predicted octanol–water partition coefficient (Wildman–Crippen LogP) is 2.38. The van der Waals surface area contributed by atoms with Gasteiger partial charge < -0.3 is 20.3 Å². The van der Waals surface area contributed by atoms with Gasteiger partial charge in [-0.15, -0.1) is 0 Å². The molecule has 0 saturated carbocycles. The SMILES string of the molecule is COc1cc(CC(CN)CO)ccc1OCc1ccccc1. The molecule has 0 aliphatic heterocycles. The van der Waals surface area contributed by atoms with Crippen molar-refractivity contribution in [2.75, 3.05) is 20.3 Å². The summed E-state index contributed by atoms with van der Waals surface area (Å²) >= 11 is 0. The Kier molecular flexibility index (Phi) is 6.25. The van der Waals surface area contributed by atoms with Crippen LogP contribution in [0.2, 0.25) is 0 Å². The zero-order chi connectivity index (χ0) is 15.8. The van der Waals surface area contributed by atoms with Gasteiger partial charge in [0.15, 0.2) is 11.5 Å². The van der Waals surface area contributed by atoms with Crippen LogP contribution in [0.4, 0.5) is 0 Å². The van der Waals surface area contributed by atoms with Crippen LogP contribution in [0, 0.1) is 5.92 Å². The Morgan fingerprint density at radius 2 is 1.82 bits per heavy atom. The first-order chi connectivity index (χ1) is 10.8. The van der Waals surface area contributed by atoms with Crippen molar-refractivity contribution in [3.05, 3.63) is 59.7 Å². The fourth-order valence-corrected chi connectivity index (χ4v) is 2.25. The average molecular weight is 301 g/mol. The Labute approximate surface area is 131 Å². The van der Waals surface area contributed by atoms with E-state index in [2.05, 4.69) is 0 Å². The number of hydrogen-bond donors (Lipinski definition) is 2. The molecule has 1 unspecified atom stereocenters. The van der Waals surface area contributed by atoms with Crippen molar-refractivity contribution >= 4 is 0 Å². The largest absolute Gasteiger partial charge is 0.493 e. The second kappa shape index (κ2) is 8.41. The van der Waals surface area contributed by atoms with Gasteiger partial charge in [-0.25, -0.2) is 0 Å². The van der Waals surface area contributed by atoms with Crippen LogP contribution in [-0.2, 0) is 13.0 Å². The number of hydrogen-bond acceptors (Lipinski definition) is 4. The van der Waals surface area contributed by atoms with Crippen LogP contribution in [0.15, 0.2) is 48.5 Å². The van der Waals surface area contributed by atoms with E-state index in [1.807, 2.05) is 48.5 Å². The van der Waals surface area contributed by atoms with Gasteiger partial charge in [0.05, 0.1) is 7.11 Å². The molecule has 0 radical (unpaired) electrons. The number of benzene rings is 2. The molecule has 118 valence electrons. The highest BCUT2D eigenvalue weighted by Gasteiger charge is 2.10. The van der Waals surface area contributed by atoms with Crippen molar-refractivity contribution in [2.45, 2.75) is 13.0 Å². The minimum atomic E-state index is 0.0702. The zero-order valence-electron chi connectivity index (χ0n) is 12.9. The van der Waals surface area contributed by atoms with Crippen molar-refractivity contribution in [3.63, 3.8) is 0 Å². The first-order valence-electron chi connectivity index (χ1n) is 7.41. The lowest BCUT2D eigenvalue weighted by Crippen LogP contribution is -2.20. The van der Waals surface area contributed by atoms with Crippen LogP contribution in [0.1, 0.15) is 11.1 Å². The molecule has 0 heterocycles. The molecule has 2 aromatic carbocycles. The molecule has 22 heavy (non-hydrogen) atoms. The van der Waals surface area contributed by atoms with Gasteiger partial charge in [-0.1, -0.05) is 36.4 Å². The molecule has 2 aromatic rings. The van der Waals surface area contributed by atoms with Crippen molar-refractivity contribution in [2.24, 2.45) is 11.7 Å². The highest BCUT2D eigenvalue weighted by molar-refractivity contribution is 5.43. The molecular formula is C18H23NO3. The monoisotopic (exact) mass is 301 g/mol. The Bertz CT molecular complexity index is 568. The van der Waals surface area contributed by atoms with Gasteiger partial charge in [-0.05, 0) is 42.1 Å². The highest BCUT2D eigenvalue weighted by atomic mass is 16.5. The fourth-order valence-electron chi connectivity index (χ4n) is 2.25. The molecule has 0 aliphatic carbocycles. The van der Waals surface area contributed by atoms with Crippen LogP contribution in [0.3, 0.4) is 0 Å². The summed E-state index contributed by atoms with van der Waals surface area (Å²) in [6.45, 7) is 1.05. The lowest BCUT2D eigenvalue weighted by atomic mass is 10.00. The van der Waals surface area contributed by atoms with Crippen molar-refractivity contribution in [1.82, 2.24) is 0 Å². The first kappa shape index (κ1) is 16.3. The quantitative estimate of drug-likeness (QED) is 0.786. The van der Waals surface area contributed by atoms with E-state index >= 15 is 0 Å². The van der Waals surface area contributed by atoms with Crippen LogP contribution >= 0.6 is 0 Å². The Hall–Kier alpha value is -2.04. The number of rotatable bonds is 8. The fraction of sp³-hybridized carbons (Fsp3) is 0.333. The number of ether oxygens (including phenoxy) is 2. The molecule has 2 rings (SSSR count). The molecule has 1 atom stereocenters. The van der Waals surface area contributed by atoms with Gasteiger partial charge in [0, 0.05) is 6.61 Å². The van der Waals surface area contributed by atoms with Gasteiger partial charge in [-0.2, -0.15) is 0 Å². The summed E-state index contributed by atoms with van der Waals surface area (Å²) < 4.78 is 11.2. The standard InChI is InChI=1S/C18H23NO3/c1-21-18-10-15(9-16(11-19)12-20)7-8-17(18)22-13-14-5-3-2-4-6-14/h2-8,10,16,20H,9,11-13,19H2,1H3. The lowest BCUT2D eigenvalue weighted by molar-refractivity contribution is 0.229. The van der Waals surface area contributed by atoms with Crippen LogP contribution < -0.4 is 15.2 Å². The minimum Gasteiger partial charge on any atom is -0.493 e. The lowest BCUT2D eigenvalue weighted by Gasteiger charge is -2.15. The van der Waals surface area contributed by atoms with E-state index in [1.165, 1.54) is 0 Å². The summed E-state index contributed by atoms with van der Waals surface area (Å²) in [7, 11) is 1.63. The first-order valence-corrected chi connectivity index (χ1v) is 7.41. The smallest absolute Gasteiger partial charge is 0.161 e. The molecule has 0 aliphatic rings. The van der Waals surface area contributed by atoms with E-state index in [0.717, 1.165) is 17.5 Å². The predicted molar refractivity (Wildman–Crippen MR) is 87.1 cm³/mol. The van der Waals surface area contributed by atoms with E-state index in [-0.39, 0.29) is 12.5 Å². The van der Waals surface area contributed by atoms with E-state index in [4.69, 9.17) is 15.2 Å². The molecule has 0 bridgehead atoms. The van der Waals surface area contributed by atoms with Crippen molar-refractivity contribution in [1.29, 1.82) is 0 Å². The number of aliphatic hydroxyl groups is 1. The van der Waals surface area contributed by atoms with Gasteiger partial charge in [0.2, 0.25) is 0 Å². The molecule has 0 spiro atoms. The van der Waals surface area contributed by atoms with E-state index in [0.29, 0.717) is 24.7 Å². The second-order valence-corrected chi connectivity index (χ2v) is 5.25. The zero-order valence-corrected chi connectivity index (χ0v) is 12.9. The van der Waals surface area contributed by atoms with Gasteiger partial charge in [0.25, 0.3) is 0 Å². The third-order valence-electron chi connectivity index (χ3n) is 3.58. The third-order valence-corrected chi connectivity index (χ3v) is 3.58.